The Bertz CT molecular complexity index is 1110. The zero-order valence-electron chi connectivity index (χ0n) is 12.2. The van der Waals surface area contributed by atoms with E-state index in [1.807, 2.05) is 53.2 Å². The van der Waals surface area contributed by atoms with Gasteiger partial charge in [-0.15, -0.1) is 0 Å². The maximum atomic E-state index is 12.4. The quantitative estimate of drug-likeness (QED) is 0.478. The van der Waals surface area contributed by atoms with Crippen LogP contribution >= 0.6 is 0 Å². The molecule has 1 aliphatic rings. The first-order valence-corrected chi connectivity index (χ1v) is 7.45. The monoisotopic (exact) mass is 300 g/mol. The average molecular weight is 300 g/mol. The van der Waals surface area contributed by atoms with Gasteiger partial charge < -0.3 is 4.57 Å². The van der Waals surface area contributed by atoms with Gasteiger partial charge in [-0.1, -0.05) is 42.5 Å². The first kappa shape index (κ1) is 12.3. The molecule has 2 aromatic heterocycles. The number of aromatic nitrogens is 4. The summed E-state index contributed by atoms with van der Waals surface area (Å²) in [5.41, 5.74) is 3.69. The van der Waals surface area contributed by atoms with Crippen molar-refractivity contribution < 1.29 is 0 Å². The van der Waals surface area contributed by atoms with Crippen LogP contribution in [-0.2, 0) is 6.54 Å². The number of benzene rings is 2. The van der Waals surface area contributed by atoms with Crippen molar-refractivity contribution in [2.75, 3.05) is 0 Å². The van der Waals surface area contributed by atoms with Crippen molar-refractivity contribution in [1.82, 2.24) is 19.3 Å². The van der Waals surface area contributed by atoms with E-state index >= 15 is 0 Å². The fourth-order valence-corrected chi connectivity index (χ4v) is 3.23. The summed E-state index contributed by atoms with van der Waals surface area (Å²) >= 11 is 0. The van der Waals surface area contributed by atoms with Crippen LogP contribution in [0, 0.1) is 0 Å². The molecule has 5 nitrogen and oxygen atoms in total. The summed E-state index contributed by atoms with van der Waals surface area (Å²) in [7, 11) is 0. The van der Waals surface area contributed by atoms with Gasteiger partial charge in [0.1, 0.15) is 11.2 Å². The van der Waals surface area contributed by atoms with Gasteiger partial charge in [0.15, 0.2) is 5.65 Å². The number of para-hydroxylation sites is 1. The first-order valence-electron chi connectivity index (χ1n) is 7.45. The smallest absolute Gasteiger partial charge is 0.284 e. The van der Waals surface area contributed by atoms with Crippen molar-refractivity contribution in [3.05, 3.63) is 76.7 Å². The summed E-state index contributed by atoms with van der Waals surface area (Å²) in [5, 5.41) is 4.97. The van der Waals surface area contributed by atoms with Crippen LogP contribution in [0.25, 0.3) is 28.1 Å². The Labute approximate surface area is 131 Å². The van der Waals surface area contributed by atoms with Crippen LogP contribution in [0.1, 0.15) is 5.56 Å². The van der Waals surface area contributed by atoms with Gasteiger partial charge in [0.25, 0.3) is 5.56 Å². The predicted molar refractivity (Wildman–Crippen MR) is 87.7 cm³/mol. The highest BCUT2D eigenvalue weighted by molar-refractivity contribution is 5.80. The van der Waals surface area contributed by atoms with Crippen molar-refractivity contribution in [3.63, 3.8) is 0 Å². The SMILES string of the molecule is O=c1nc2n(c3c1cnn3-c1ccccc1)Cc1ccccc1-2. The minimum absolute atomic E-state index is 0.231. The second-order valence-corrected chi connectivity index (χ2v) is 5.61. The molecular formula is C18H12N4O. The summed E-state index contributed by atoms with van der Waals surface area (Å²) in [4.78, 5) is 16.7. The Balaban J connectivity index is 1.89. The highest BCUT2D eigenvalue weighted by Gasteiger charge is 2.24. The fourth-order valence-electron chi connectivity index (χ4n) is 3.23. The lowest BCUT2D eigenvalue weighted by molar-refractivity contribution is 0.794. The summed E-state index contributed by atoms with van der Waals surface area (Å²) in [6, 6.07) is 17.9. The van der Waals surface area contributed by atoms with Crippen molar-refractivity contribution in [2.45, 2.75) is 6.54 Å². The molecule has 2 aromatic carbocycles. The second-order valence-electron chi connectivity index (χ2n) is 5.61. The zero-order valence-corrected chi connectivity index (χ0v) is 12.2. The van der Waals surface area contributed by atoms with Gasteiger partial charge in [-0.25, -0.2) is 4.68 Å². The third-order valence-corrected chi connectivity index (χ3v) is 4.28. The number of rotatable bonds is 1. The fraction of sp³-hybridized carbons (Fsp3) is 0.0556. The van der Waals surface area contributed by atoms with Crippen molar-refractivity contribution in [3.8, 4) is 17.1 Å². The summed E-state index contributed by atoms with van der Waals surface area (Å²) in [5.74, 6) is 0.718. The molecule has 0 aliphatic carbocycles. The molecule has 110 valence electrons. The number of fused-ring (bicyclic) bond motifs is 5. The molecule has 0 saturated heterocycles. The molecule has 3 heterocycles. The number of hydrogen-bond donors (Lipinski definition) is 0. The minimum atomic E-state index is -0.231. The molecule has 1 aliphatic heterocycles. The molecular weight excluding hydrogens is 288 g/mol. The van der Waals surface area contributed by atoms with Gasteiger partial charge in [-0.3, -0.25) is 4.79 Å². The summed E-state index contributed by atoms with van der Waals surface area (Å²) < 4.78 is 3.88. The van der Waals surface area contributed by atoms with Crippen LogP contribution in [-0.4, -0.2) is 19.3 Å². The van der Waals surface area contributed by atoms with Gasteiger partial charge in [0.2, 0.25) is 0 Å². The van der Waals surface area contributed by atoms with Crippen LogP contribution in [0.3, 0.4) is 0 Å². The normalized spacial score (nSPS) is 12.3. The van der Waals surface area contributed by atoms with Crippen molar-refractivity contribution >= 4 is 11.0 Å². The molecule has 0 atom stereocenters. The van der Waals surface area contributed by atoms with E-state index < -0.39 is 0 Å². The van der Waals surface area contributed by atoms with E-state index in [0.717, 1.165) is 22.7 Å². The average Bonchev–Trinajstić information content (AvgIpc) is 3.18. The van der Waals surface area contributed by atoms with E-state index in [4.69, 9.17) is 0 Å². The van der Waals surface area contributed by atoms with E-state index in [1.54, 1.807) is 6.20 Å². The lowest BCUT2D eigenvalue weighted by Crippen LogP contribution is -2.14. The largest absolute Gasteiger partial charge is 0.305 e. The lowest BCUT2D eigenvalue weighted by atomic mass is 10.1. The molecule has 5 rings (SSSR count). The maximum Gasteiger partial charge on any atom is 0.284 e. The van der Waals surface area contributed by atoms with Crippen LogP contribution in [0.5, 0.6) is 0 Å². The van der Waals surface area contributed by atoms with Crippen LogP contribution in [0.4, 0.5) is 0 Å². The van der Waals surface area contributed by atoms with Gasteiger partial charge in [0.05, 0.1) is 18.4 Å². The topological polar surface area (TPSA) is 52.7 Å². The molecule has 0 amide bonds. The number of hydrogen-bond acceptors (Lipinski definition) is 3. The van der Waals surface area contributed by atoms with E-state index in [0.29, 0.717) is 11.9 Å². The molecule has 0 radical (unpaired) electrons. The predicted octanol–water partition coefficient (Wildman–Crippen LogP) is 2.61. The highest BCUT2D eigenvalue weighted by Crippen LogP contribution is 2.32. The van der Waals surface area contributed by atoms with E-state index in [9.17, 15) is 4.79 Å². The lowest BCUT2D eigenvalue weighted by Gasteiger charge is -2.09. The molecule has 4 aromatic rings. The molecule has 23 heavy (non-hydrogen) atoms. The van der Waals surface area contributed by atoms with Crippen LogP contribution in [0.15, 0.2) is 65.6 Å². The molecule has 0 unspecified atom stereocenters. The van der Waals surface area contributed by atoms with Crippen LogP contribution in [0.2, 0.25) is 0 Å². The Morgan fingerprint density at radius 3 is 2.61 bits per heavy atom. The van der Waals surface area contributed by atoms with E-state index in [-0.39, 0.29) is 5.56 Å². The van der Waals surface area contributed by atoms with E-state index in [2.05, 4.69) is 20.7 Å². The van der Waals surface area contributed by atoms with Gasteiger partial charge in [-0.05, 0) is 17.7 Å². The summed E-state index contributed by atoms with van der Waals surface area (Å²) in [6.07, 6.45) is 1.61. The standard InChI is InChI=1S/C18H12N4O/c23-17-15-10-19-22(13-7-2-1-3-8-13)18(15)21-11-12-6-4-5-9-14(12)16(21)20-17/h1-10H,11H2. The molecule has 0 fully saturated rings. The van der Waals surface area contributed by atoms with Gasteiger partial charge >= 0.3 is 0 Å². The van der Waals surface area contributed by atoms with Gasteiger partial charge in [-0.2, -0.15) is 10.1 Å². The minimum Gasteiger partial charge on any atom is -0.305 e. The third-order valence-electron chi connectivity index (χ3n) is 4.28. The van der Waals surface area contributed by atoms with Crippen molar-refractivity contribution in [2.24, 2.45) is 0 Å². The van der Waals surface area contributed by atoms with Crippen molar-refractivity contribution in [1.29, 1.82) is 0 Å². The zero-order chi connectivity index (χ0) is 15.4. The summed E-state index contributed by atoms with van der Waals surface area (Å²) in [6.45, 7) is 0.702. The molecule has 5 heteroatoms. The Hall–Kier alpha value is -3.21. The molecule has 0 spiro atoms. The molecule has 0 saturated carbocycles. The Morgan fingerprint density at radius 2 is 1.74 bits per heavy atom. The molecule has 0 bridgehead atoms. The Kier molecular flexibility index (Phi) is 2.36. The second kappa shape index (κ2) is 4.39. The first-order chi connectivity index (χ1) is 11.3. The molecule has 0 N–H and O–H groups in total. The Morgan fingerprint density at radius 1 is 0.957 bits per heavy atom. The van der Waals surface area contributed by atoms with E-state index in [1.165, 1.54) is 5.56 Å². The number of nitrogens with zero attached hydrogens (tertiary/aromatic N) is 4. The highest BCUT2D eigenvalue weighted by atomic mass is 16.1. The van der Waals surface area contributed by atoms with Crippen LogP contribution < -0.4 is 5.56 Å². The third kappa shape index (κ3) is 1.64. The maximum absolute atomic E-state index is 12.4. The van der Waals surface area contributed by atoms with Gasteiger partial charge in [0, 0.05) is 5.56 Å².